The largest absolute Gasteiger partial charge is 0.356 e. The fourth-order valence-electron chi connectivity index (χ4n) is 1.86. The Balaban J connectivity index is 1.96. The molecule has 74 valence electrons. The van der Waals surface area contributed by atoms with E-state index in [4.69, 9.17) is 0 Å². The Morgan fingerprint density at radius 3 is 2.79 bits per heavy atom. The van der Waals surface area contributed by atoms with E-state index in [0.29, 0.717) is 5.92 Å². The van der Waals surface area contributed by atoms with Gasteiger partial charge in [0.15, 0.2) is 0 Å². The van der Waals surface area contributed by atoms with Crippen molar-refractivity contribution in [1.82, 2.24) is 5.32 Å². The van der Waals surface area contributed by atoms with E-state index in [9.17, 15) is 4.79 Å². The van der Waals surface area contributed by atoms with Crippen LogP contribution in [0.3, 0.4) is 0 Å². The van der Waals surface area contributed by atoms with E-state index in [0.717, 1.165) is 13.0 Å². The molecular formula is C12H15NO. The standard InChI is InChI=1S/C12H15NO/c1-2-13-12(14)11-8-10(11)9-6-4-3-5-7-9/h3-7,10-11H,2,8H2,1H3,(H,13,14)/t10-,11-/m0/s1. The second-order valence-electron chi connectivity index (χ2n) is 3.75. The summed E-state index contributed by atoms with van der Waals surface area (Å²) >= 11 is 0. The van der Waals surface area contributed by atoms with Crippen molar-refractivity contribution in [2.45, 2.75) is 19.3 Å². The highest BCUT2D eigenvalue weighted by Crippen LogP contribution is 2.47. The van der Waals surface area contributed by atoms with Crippen molar-refractivity contribution in [1.29, 1.82) is 0 Å². The van der Waals surface area contributed by atoms with Crippen molar-refractivity contribution in [2.24, 2.45) is 5.92 Å². The van der Waals surface area contributed by atoms with Gasteiger partial charge in [-0.1, -0.05) is 30.3 Å². The SMILES string of the molecule is CCNC(=O)[C@H]1C[C@H]1c1ccccc1. The van der Waals surface area contributed by atoms with Gasteiger partial charge in [-0.15, -0.1) is 0 Å². The van der Waals surface area contributed by atoms with Crippen LogP contribution >= 0.6 is 0 Å². The molecule has 1 aliphatic rings. The van der Waals surface area contributed by atoms with Crippen LogP contribution in [0.2, 0.25) is 0 Å². The maximum Gasteiger partial charge on any atom is 0.223 e. The maximum absolute atomic E-state index is 11.5. The summed E-state index contributed by atoms with van der Waals surface area (Å²) in [6.45, 7) is 2.69. The van der Waals surface area contributed by atoms with Gasteiger partial charge in [0.05, 0.1) is 0 Å². The molecule has 0 bridgehead atoms. The van der Waals surface area contributed by atoms with Gasteiger partial charge >= 0.3 is 0 Å². The number of rotatable bonds is 3. The lowest BCUT2D eigenvalue weighted by Gasteiger charge is -2.01. The van der Waals surface area contributed by atoms with E-state index in [1.807, 2.05) is 25.1 Å². The summed E-state index contributed by atoms with van der Waals surface area (Å²) in [4.78, 5) is 11.5. The lowest BCUT2D eigenvalue weighted by Crippen LogP contribution is -2.24. The predicted octanol–water partition coefficient (Wildman–Crippen LogP) is 1.93. The van der Waals surface area contributed by atoms with Gasteiger partial charge in [-0.3, -0.25) is 4.79 Å². The third-order valence-electron chi connectivity index (χ3n) is 2.71. The molecule has 0 aliphatic heterocycles. The van der Waals surface area contributed by atoms with E-state index in [-0.39, 0.29) is 11.8 Å². The second-order valence-corrected chi connectivity index (χ2v) is 3.75. The molecule has 2 nitrogen and oxygen atoms in total. The van der Waals surface area contributed by atoms with Crippen LogP contribution in [-0.4, -0.2) is 12.5 Å². The van der Waals surface area contributed by atoms with Gasteiger partial charge in [0.25, 0.3) is 0 Å². The van der Waals surface area contributed by atoms with E-state index in [1.165, 1.54) is 5.56 Å². The molecule has 2 rings (SSSR count). The molecular weight excluding hydrogens is 174 g/mol. The first kappa shape index (κ1) is 9.25. The predicted molar refractivity (Wildman–Crippen MR) is 56.0 cm³/mol. The lowest BCUT2D eigenvalue weighted by atomic mass is 10.1. The molecule has 0 aromatic heterocycles. The van der Waals surface area contributed by atoms with Crippen molar-refractivity contribution in [2.75, 3.05) is 6.54 Å². The molecule has 0 radical (unpaired) electrons. The molecule has 1 saturated carbocycles. The van der Waals surface area contributed by atoms with Crippen LogP contribution < -0.4 is 5.32 Å². The highest BCUT2D eigenvalue weighted by molar-refractivity contribution is 5.82. The number of carbonyl (C=O) groups is 1. The average Bonchev–Trinajstić information content (AvgIpc) is 2.99. The summed E-state index contributed by atoms with van der Waals surface area (Å²) in [5.74, 6) is 0.890. The van der Waals surface area contributed by atoms with Crippen LogP contribution in [0.1, 0.15) is 24.8 Å². The van der Waals surface area contributed by atoms with Gasteiger partial charge in [-0.25, -0.2) is 0 Å². The van der Waals surface area contributed by atoms with Crippen molar-refractivity contribution < 1.29 is 4.79 Å². The molecule has 1 amide bonds. The molecule has 0 spiro atoms. The average molecular weight is 189 g/mol. The molecule has 0 heterocycles. The molecule has 1 aliphatic carbocycles. The van der Waals surface area contributed by atoms with Gasteiger partial charge < -0.3 is 5.32 Å². The van der Waals surface area contributed by atoms with E-state index < -0.39 is 0 Å². The highest BCUT2D eigenvalue weighted by Gasteiger charge is 2.43. The van der Waals surface area contributed by atoms with Crippen molar-refractivity contribution >= 4 is 5.91 Å². The number of benzene rings is 1. The smallest absolute Gasteiger partial charge is 0.223 e. The van der Waals surface area contributed by atoms with E-state index >= 15 is 0 Å². The number of amides is 1. The third kappa shape index (κ3) is 1.79. The zero-order valence-electron chi connectivity index (χ0n) is 8.36. The minimum Gasteiger partial charge on any atom is -0.356 e. The van der Waals surface area contributed by atoms with Crippen molar-refractivity contribution in [3.8, 4) is 0 Å². The number of hydrogen-bond acceptors (Lipinski definition) is 1. The minimum atomic E-state index is 0.210. The number of hydrogen-bond donors (Lipinski definition) is 1. The van der Waals surface area contributed by atoms with Crippen LogP contribution in [0, 0.1) is 5.92 Å². The van der Waals surface area contributed by atoms with Crippen LogP contribution in [0.25, 0.3) is 0 Å². The van der Waals surface area contributed by atoms with Gasteiger partial charge in [-0.05, 0) is 24.8 Å². The van der Waals surface area contributed by atoms with Crippen molar-refractivity contribution in [3.63, 3.8) is 0 Å². The summed E-state index contributed by atoms with van der Waals surface area (Å²) in [5.41, 5.74) is 1.30. The first-order chi connectivity index (χ1) is 6.83. The van der Waals surface area contributed by atoms with E-state index in [1.54, 1.807) is 0 Å². The van der Waals surface area contributed by atoms with Crippen LogP contribution in [0.15, 0.2) is 30.3 Å². The van der Waals surface area contributed by atoms with Crippen LogP contribution in [0.4, 0.5) is 0 Å². The first-order valence-electron chi connectivity index (χ1n) is 5.15. The summed E-state index contributed by atoms with van der Waals surface area (Å²) in [6, 6.07) is 10.3. The summed E-state index contributed by atoms with van der Waals surface area (Å²) in [7, 11) is 0. The lowest BCUT2D eigenvalue weighted by molar-refractivity contribution is -0.122. The third-order valence-corrected chi connectivity index (χ3v) is 2.71. The molecule has 1 fully saturated rings. The molecule has 0 unspecified atom stereocenters. The topological polar surface area (TPSA) is 29.1 Å². The molecule has 1 aromatic carbocycles. The van der Waals surface area contributed by atoms with Gasteiger partial charge in [-0.2, -0.15) is 0 Å². The zero-order chi connectivity index (χ0) is 9.97. The van der Waals surface area contributed by atoms with Gasteiger partial charge in [0, 0.05) is 12.5 Å². The van der Waals surface area contributed by atoms with Crippen LogP contribution in [0.5, 0.6) is 0 Å². The van der Waals surface area contributed by atoms with Gasteiger partial charge in [0.2, 0.25) is 5.91 Å². The van der Waals surface area contributed by atoms with Crippen LogP contribution in [-0.2, 0) is 4.79 Å². The molecule has 1 N–H and O–H groups in total. The Morgan fingerprint density at radius 1 is 1.43 bits per heavy atom. The Labute approximate surface area is 84.3 Å². The maximum atomic E-state index is 11.5. The Bertz CT molecular complexity index is 320. The minimum absolute atomic E-state index is 0.210. The highest BCUT2D eigenvalue weighted by atomic mass is 16.2. The fraction of sp³-hybridized carbons (Fsp3) is 0.417. The number of nitrogens with one attached hydrogen (secondary N) is 1. The Morgan fingerprint density at radius 2 is 2.14 bits per heavy atom. The first-order valence-corrected chi connectivity index (χ1v) is 5.15. The summed E-state index contributed by atoms with van der Waals surface area (Å²) in [5, 5.41) is 2.87. The normalized spacial score (nSPS) is 24.4. The number of carbonyl (C=O) groups excluding carboxylic acids is 1. The fourth-order valence-corrected chi connectivity index (χ4v) is 1.86. The molecule has 0 saturated heterocycles. The molecule has 2 atom stereocenters. The Kier molecular flexibility index (Phi) is 2.53. The summed E-state index contributed by atoms with van der Waals surface area (Å²) in [6.07, 6.45) is 1.01. The second kappa shape index (κ2) is 3.82. The quantitative estimate of drug-likeness (QED) is 0.773. The monoisotopic (exact) mass is 189 g/mol. The summed E-state index contributed by atoms with van der Waals surface area (Å²) < 4.78 is 0. The molecule has 1 aromatic rings. The van der Waals surface area contributed by atoms with Crippen molar-refractivity contribution in [3.05, 3.63) is 35.9 Å². The zero-order valence-corrected chi connectivity index (χ0v) is 8.36. The Hall–Kier alpha value is -1.31. The van der Waals surface area contributed by atoms with E-state index in [2.05, 4.69) is 17.4 Å². The molecule has 14 heavy (non-hydrogen) atoms. The van der Waals surface area contributed by atoms with Gasteiger partial charge in [0.1, 0.15) is 0 Å². The molecule has 2 heteroatoms.